The number of nitro benzene ring substituents is 1. The van der Waals surface area contributed by atoms with Crippen molar-refractivity contribution >= 4 is 11.6 Å². The number of amides is 1. The first kappa shape index (κ1) is 14.0. The summed E-state index contributed by atoms with van der Waals surface area (Å²) >= 11 is 0. The Morgan fingerprint density at radius 3 is 2.33 bits per heavy atom. The van der Waals surface area contributed by atoms with Gasteiger partial charge < -0.3 is 4.90 Å². The smallest absolute Gasteiger partial charge is 0.305 e. The van der Waals surface area contributed by atoms with Crippen LogP contribution in [0, 0.1) is 21.7 Å². The first-order valence-corrected chi connectivity index (χ1v) is 5.35. The molecule has 0 radical (unpaired) electrons. The van der Waals surface area contributed by atoms with E-state index in [4.69, 9.17) is 0 Å². The molecule has 0 spiro atoms. The van der Waals surface area contributed by atoms with E-state index in [1.165, 1.54) is 4.90 Å². The third kappa shape index (κ3) is 2.44. The summed E-state index contributed by atoms with van der Waals surface area (Å²) in [5.41, 5.74) is -1.79. The van der Waals surface area contributed by atoms with Gasteiger partial charge in [0.15, 0.2) is 0 Å². The van der Waals surface area contributed by atoms with Crippen molar-refractivity contribution < 1.29 is 18.5 Å². The van der Waals surface area contributed by atoms with Gasteiger partial charge in [0.2, 0.25) is 5.82 Å². The molecule has 0 unspecified atom stereocenters. The van der Waals surface area contributed by atoms with Gasteiger partial charge in [-0.2, -0.15) is 4.39 Å². The third-order valence-corrected chi connectivity index (χ3v) is 2.53. The summed E-state index contributed by atoms with van der Waals surface area (Å²) in [7, 11) is 0. The maximum absolute atomic E-state index is 13.7. The Labute approximate surface area is 102 Å². The molecule has 1 aromatic carbocycles. The van der Waals surface area contributed by atoms with Crippen LogP contribution in [0.3, 0.4) is 0 Å². The second-order valence-corrected chi connectivity index (χ2v) is 3.49. The lowest BCUT2D eigenvalue weighted by molar-refractivity contribution is -0.387. The van der Waals surface area contributed by atoms with E-state index in [0.29, 0.717) is 6.07 Å². The molecule has 0 N–H and O–H groups in total. The number of benzene rings is 1. The minimum absolute atomic E-state index is 0.261. The molecule has 5 nitrogen and oxygen atoms in total. The molecule has 0 aliphatic rings. The fraction of sp³-hybridized carbons (Fsp3) is 0.364. The highest BCUT2D eigenvalue weighted by molar-refractivity contribution is 5.95. The van der Waals surface area contributed by atoms with Crippen molar-refractivity contribution in [3.8, 4) is 0 Å². The van der Waals surface area contributed by atoms with E-state index >= 15 is 0 Å². The Hall–Kier alpha value is -2.05. The topological polar surface area (TPSA) is 63.5 Å². The third-order valence-electron chi connectivity index (χ3n) is 2.53. The maximum Gasteiger partial charge on any atom is 0.305 e. The Kier molecular flexibility index (Phi) is 4.30. The summed E-state index contributed by atoms with van der Waals surface area (Å²) in [4.78, 5) is 22.6. The normalized spacial score (nSPS) is 10.2. The predicted octanol–water partition coefficient (Wildman–Crippen LogP) is 2.36. The molecule has 18 heavy (non-hydrogen) atoms. The Balaban J connectivity index is 3.35. The lowest BCUT2D eigenvalue weighted by atomic mass is 10.1. The highest BCUT2D eigenvalue weighted by atomic mass is 19.1. The first-order chi connectivity index (χ1) is 8.43. The van der Waals surface area contributed by atoms with Gasteiger partial charge in [0, 0.05) is 19.2 Å². The van der Waals surface area contributed by atoms with Crippen molar-refractivity contribution in [1.82, 2.24) is 4.90 Å². The molecule has 98 valence electrons. The van der Waals surface area contributed by atoms with Crippen LogP contribution in [0.4, 0.5) is 14.5 Å². The minimum Gasteiger partial charge on any atom is -0.339 e. The molecular formula is C11H12F2N2O3. The fourth-order valence-corrected chi connectivity index (χ4v) is 1.55. The number of rotatable bonds is 4. The van der Waals surface area contributed by atoms with Crippen molar-refractivity contribution in [3.05, 3.63) is 39.4 Å². The van der Waals surface area contributed by atoms with Gasteiger partial charge in [-0.15, -0.1) is 0 Å². The summed E-state index contributed by atoms with van der Waals surface area (Å²) in [5, 5.41) is 10.5. The molecule has 0 bridgehead atoms. The molecule has 7 heteroatoms. The van der Waals surface area contributed by atoms with E-state index in [0.717, 1.165) is 6.07 Å². The molecule has 0 saturated heterocycles. The van der Waals surface area contributed by atoms with E-state index < -0.39 is 33.7 Å². The molecule has 0 atom stereocenters. The van der Waals surface area contributed by atoms with Crippen LogP contribution in [-0.4, -0.2) is 28.8 Å². The molecule has 0 saturated carbocycles. The summed E-state index contributed by atoms with van der Waals surface area (Å²) in [6, 6.07) is 1.42. The van der Waals surface area contributed by atoms with Gasteiger partial charge in [-0.05, 0) is 19.9 Å². The second kappa shape index (κ2) is 5.52. The Morgan fingerprint density at radius 2 is 1.89 bits per heavy atom. The predicted molar refractivity (Wildman–Crippen MR) is 60.3 cm³/mol. The minimum atomic E-state index is -1.43. The van der Waals surface area contributed by atoms with Gasteiger partial charge in [0.05, 0.1) is 4.92 Å². The quantitative estimate of drug-likeness (QED) is 0.615. The number of nitro groups is 1. The molecular weight excluding hydrogens is 246 g/mol. The Bertz CT molecular complexity index is 487. The van der Waals surface area contributed by atoms with Crippen LogP contribution >= 0.6 is 0 Å². The molecule has 1 amide bonds. The molecule has 1 aromatic rings. The molecule has 1 rings (SSSR count). The van der Waals surface area contributed by atoms with Crippen molar-refractivity contribution in [2.75, 3.05) is 13.1 Å². The number of nitrogens with zero attached hydrogens (tertiary/aromatic N) is 2. The molecule has 0 fully saturated rings. The van der Waals surface area contributed by atoms with Crippen molar-refractivity contribution in [1.29, 1.82) is 0 Å². The average molecular weight is 258 g/mol. The molecule has 0 aromatic heterocycles. The second-order valence-electron chi connectivity index (χ2n) is 3.49. The van der Waals surface area contributed by atoms with Gasteiger partial charge in [-0.3, -0.25) is 14.9 Å². The first-order valence-electron chi connectivity index (χ1n) is 5.35. The van der Waals surface area contributed by atoms with Crippen molar-refractivity contribution in [2.24, 2.45) is 0 Å². The summed E-state index contributed by atoms with van der Waals surface area (Å²) < 4.78 is 27.2. The standard InChI is InChI=1S/C11H12F2N2O3/c1-3-14(4-2)11(16)9-7(12)5-6-8(10(9)13)15(17)18/h5-6H,3-4H2,1-2H3. The zero-order valence-electron chi connectivity index (χ0n) is 9.94. The highest BCUT2D eigenvalue weighted by Crippen LogP contribution is 2.24. The number of carbonyl (C=O) groups is 1. The lowest BCUT2D eigenvalue weighted by Crippen LogP contribution is -2.32. The van der Waals surface area contributed by atoms with Crippen LogP contribution in [0.2, 0.25) is 0 Å². The number of halogens is 2. The highest BCUT2D eigenvalue weighted by Gasteiger charge is 2.28. The SMILES string of the molecule is CCN(CC)C(=O)c1c(F)ccc([N+](=O)[O-])c1F. The largest absolute Gasteiger partial charge is 0.339 e. The number of hydrogen-bond acceptors (Lipinski definition) is 3. The van der Waals surface area contributed by atoms with Gasteiger partial charge in [0.25, 0.3) is 5.91 Å². The average Bonchev–Trinajstić information content (AvgIpc) is 2.30. The van der Waals surface area contributed by atoms with Crippen LogP contribution in [0.5, 0.6) is 0 Å². The lowest BCUT2D eigenvalue weighted by Gasteiger charge is -2.19. The van der Waals surface area contributed by atoms with Crippen LogP contribution in [-0.2, 0) is 0 Å². The van der Waals surface area contributed by atoms with E-state index in [-0.39, 0.29) is 13.1 Å². The van der Waals surface area contributed by atoms with E-state index in [1.54, 1.807) is 13.8 Å². The van der Waals surface area contributed by atoms with E-state index in [1.807, 2.05) is 0 Å². The summed E-state index contributed by atoms with van der Waals surface area (Å²) in [5.74, 6) is -3.43. The zero-order valence-corrected chi connectivity index (χ0v) is 9.94. The number of carbonyl (C=O) groups excluding carboxylic acids is 1. The van der Waals surface area contributed by atoms with Crippen molar-refractivity contribution in [3.63, 3.8) is 0 Å². The van der Waals surface area contributed by atoms with Gasteiger partial charge in [-0.1, -0.05) is 0 Å². The van der Waals surface area contributed by atoms with E-state index in [2.05, 4.69) is 0 Å². The van der Waals surface area contributed by atoms with Crippen LogP contribution in [0.1, 0.15) is 24.2 Å². The van der Waals surface area contributed by atoms with Gasteiger partial charge >= 0.3 is 5.69 Å². The monoisotopic (exact) mass is 258 g/mol. The van der Waals surface area contributed by atoms with Crippen LogP contribution in [0.25, 0.3) is 0 Å². The van der Waals surface area contributed by atoms with Crippen LogP contribution < -0.4 is 0 Å². The Morgan fingerprint density at radius 1 is 1.33 bits per heavy atom. The van der Waals surface area contributed by atoms with E-state index in [9.17, 15) is 23.7 Å². The summed E-state index contributed by atoms with van der Waals surface area (Å²) in [6.07, 6.45) is 0. The maximum atomic E-state index is 13.7. The fourth-order valence-electron chi connectivity index (χ4n) is 1.55. The van der Waals surface area contributed by atoms with Crippen molar-refractivity contribution in [2.45, 2.75) is 13.8 Å². The summed E-state index contributed by atoms with van der Waals surface area (Å²) in [6.45, 7) is 3.82. The molecule has 0 aliphatic carbocycles. The van der Waals surface area contributed by atoms with Crippen LogP contribution in [0.15, 0.2) is 12.1 Å². The molecule has 0 aliphatic heterocycles. The van der Waals surface area contributed by atoms with Gasteiger partial charge in [0.1, 0.15) is 11.4 Å². The molecule has 0 heterocycles. The number of hydrogen-bond donors (Lipinski definition) is 0. The van der Waals surface area contributed by atoms with Gasteiger partial charge in [-0.25, -0.2) is 4.39 Å². The zero-order chi connectivity index (χ0) is 13.9.